The molecular weight excluding hydrogens is 543 g/mol. The average Bonchev–Trinajstić information content (AvgIpc) is 3.03. The number of allylic oxidation sites excluding steroid dienone is 1. The summed E-state index contributed by atoms with van der Waals surface area (Å²) in [5, 5.41) is 11.8. The maximum Gasteiger partial charge on any atom is 0.156 e. The number of rotatable bonds is 4. The number of nitrogens with zero attached hydrogens (tertiary/aromatic N) is 1. The van der Waals surface area contributed by atoms with Crippen molar-refractivity contribution in [2.24, 2.45) is 11.3 Å². The molecule has 1 unspecified atom stereocenters. The van der Waals surface area contributed by atoms with Crippen LogP contribution in [0, 0.1) is 11.3 Å². The van der Waals surface area contributed by atoms with Gasteiger partial charge in [0.15, 0.2) is 5.78 Å². The van der Waals surface area contributed by atoms with Gasteiger partial charge >= 0.3 is 0 Å². The van der Waals surface area contributed by atoms with Crippen molar-refractivity contribution in [1.29, 1.82) is 0 Å². The summed E-state index contributed by atoms with van der Waals surface area (Å²) >= 11 is 0. The lowest BCUT2D eigenvalue weighted by Gasteiger charge is -2.54. The zero-order valence-electron chi connectivity index (χ0n) is 21.1. The second-order valence-electron chi connectivity index (χ2n) is 10.6. The molecule has 0 radical (unpaired) electrons. The van der Waals surface area contributed by atoms with Gasteiger partial charge < -0.3 is 14.7 Å². The minimum Gasteiger partial charge on any atom is -0.389 e. The van der Waals surface area contributed by atoms with Gasteiger partial charge in [-0.1, -0.05) is 54.8 Å². The highest BCUT2D eigenvalue weighted by molar-refractivity contribution is 7.59. The van der Waals surface area contributed by atoms with Crippen molar-refractivity contribution >= 4 is 52.0 Å². The molecule has 0 saturated heterocycles. The van der Waals surface area contributed by atoms with Crippen LogP contribution < -0.4 is 4.90 Å². The summed E-state index contributed by atoms with van der Waals surface area (Å²) in [4.78, 5) is 14.2. The molecule has 4 aliphatic rings. The first-order valence-corrected chi connectivity index (χ1v) is 12.0. The van der Waals surface area contributed by atoms with Crippen molar-refractivity contribution < 1.29 is 14.6 Å². The molecule has 0 bridgehead atoms. The van der Waals surface area contributed by atoms with Crippen molar-refractivity contribution in [3.8, 4) is 0 Å². The van der Waals surface area contributed by atoms with E-state index in [1.165, 1.54) is 22.4 Å². The van der Waals surface area contributed by atoms with Gasteiger partial charge in [-0.2, -0.15) is 40.5 Å². The Balaban J connectivity index is -0.00000185. The lowest BCUT2D eigenvalue weighted by atomic mass is 9.55. The largest absolute Gasteiger partial charge is 0.389 e. The van der Waals surface area contributed by atoms with E-state index in [1.54, 1.807) is 0 Å². The lowest BCUT2D eigenvalue weighted by Crippen LogP contribution is -2.54. The van der Waals surface area contributed by atoms with Crippen LogP contribution in [0.5, 0.6) is 0 Å². The van der Waals surface area contributed by atoms with E-state index in [0.29, 0.717) is 19.4 Å². The molecule has 0 spiro atoms. The van der Waals surface area contributed by atoms with E-state index in [2.05, 4.69) is 56.8 Å². The molecule has 1 aliphatic heterocycles. The molecule has 1 heterocycles. The van der Waals surface area contributed by atoms with Crippen LogP contribution in [0.15, 0.2) is 59.7 Å². The zero-order valence-corrected chi connectivity index (χ0v) is 24.1. The van der Waals surface area contributed by atoms with Gasteiger partial charge in [0.25, 0.3) is 0 Å². The van der Waals surface area contributed by atoms with Crippen molar-refractivity contribution in [3.05, 3.63) is 65.3 Å². The van der Waals surface area contributed by atoms with Crippen LogP contribution in [0.4, 0.5) is 5.69 Å². The number of aliphatic hydroxyl groups is 1. The first kappa shape index (κ1) is 42.3. The SMILES string of the molecule is C.C.C.C.C=CC[C@]1(O)CC[C@H]2[C@@H]3OCC4=CC(=O)CCC4=C3C(c3ccc(N(C)C)cc3)C[C@@]21C.S.S.S. The normalized spacial score (nSPS) is 29.7. The number of benzene rings is 1. The number of carbonyl (C=O) groups is 1. The van der Waals surface area contributed by atoms with Crippen LogP contribution in [0.25, 0.3) is 0 Å². The van der Waals surface area contributed by atoms with Gasteiger partial charge in [0.1, 0.15) is 0 Å². The molecule has 39 heavy (non-hydrogen) atoms. The zero-order chi connectivity index (χ0) is 22.7. The first-order chi connectivity index (χ1) is 15.3. The maximum atomic E-state index is 12.1. The van der Waals surface area contributed by atoms with Gasteiger partial charge in [-0.3, -0.25) is 4.79 Å². The Bertz CT molecular complexity index is 1020. The molecule has 2 fully saturated rings. The Hall–Kier alpha value is -1.12. The van der Waals surface area contributed by atoms with Gasteiger partial charge in [-0.15, -0.1) is 6.58 Å². The molecule has 5 rings (SSSR count). The van der Waals surface area contributed by atoms with E-state index >= 15 is 0 Å². The van der Waals surface area contributed by atoms with Crippen molar-refractivity contribution in [1.82, 2.24) is 0 Å². The van der Waals surface area contributed by atoms with Crippen LogP contribution in [-0.2, 0) is 9.53 Å². The molecule has 2 saturated carbocycles. The number of hydrogen-bond acceptors (Lipinski definition) is 4. The number of hydrogen-bond donors (Lipinski definition) is 1. The summed E-state index contributed by atoms with van der Waals surface area (Å²) in [5.41, 5.74) is 5.26. The fraction of sp³-hybridized carbons (Fsp3) is 0.594. The van der Waals surface area contributed by atoms with Crippen LogP contribution in [0.2, 0.25) is 0 Å². The summed E-state index contributed by atoms with van der Waals surface area (Å²) in [6.07, 6.45) is 8.35. The fourth-order valence-electron chi connectivity index (χ4n) is 6.98. The number of ketones is 1. The van der Waals surface area contributed by atoms with E-state index < -0.39 is 5.60 Å². The first-order valence-electron chi connectivity index (χ1n) is 12.0. The number of fused-ring (bicyclic) bond motifs is 4. The Morgan fingerprint density at radius 3 is 2.26 bits per heavy atom. The van der Waals surface area contributed by atoms with Gasteiger partial charge in [-0.25, -0.2) is 0 Å². The van der Waals surface area contributed by atoms with Gasteiger partial charge in [0.05, 0.1) is 18.3 Å². The molecule has 7 heteroatoms. The topological polar surface area (TPSA) is 49.8 Å². The summed E-state index contributed by atoms with van der Waals surface area (Å²) in [6, 6.07) is 8.84. The third-order valence-corrected chi connectivity index (χ3v) is 8.83. The van der Waals surface area contributed by atoms with Crippen molar-refractivity contribution in [2.75, 3.05) is 25.6 Å². The van der Waals surface area contributed by atoms with Gasteiger partial charge in [0, 0.05) is 37.5 Å². The summed E-state index contributed by atoms with van der Waals surface area (Å²) in [5.74, 6) is 0.672. The summed E-state index contributed by atoms with van der Waals surface area (Å²) in [7, 11) is 4.11. The molecule has 226 valence electrons. The molecule has 3 aliphatic carbocycles. The molecule has 1 aromatic rings. The molecule has 4 nitrogen and oxygen atoms in total. The number of carbonyl (C=O) groups excluding carboxylic acids is 1. The third-order valence-electron chi connectivity index (χ3n) is 8.83. The second kappa shape index (κ2) is 15.8. The van der Waals surface area contributed by atoms with Gasteiger partial charge in [0.2, 0.25) is 0 Å². The van der Waals surface area contributed by atoms with E-state index in [0.717, 1.165) is 31.3 Å². The summed E-state index contributed by atoms with van der Waals surface area (Å²) in [6.45, 7) is 6.72. The molecule has 0 aromatic heterocycles. The third kappa shape index (κ3) is 6.86. The Kier molecular flexibility index (Phi) is 17.1. The highest BCUT2D eigenvalue weighted by atomic mass is 32.1. The predicted octanol–water partition coefficient (Wildman–Crippen LogP) is 7.83. The van der Waals surface area contributed by atoms with Crippen LogP contribution in [-0.4, -0.2) is 43.3 Å². The fourth-order valence-corrected chi connectivity index (χ4v) is 6.98. The van der Waals surface area contributed by atoms with E-state index in [9.17, 15) is 9.90 Å². The molecule has 0 amide bonds. The predicted molar refractivity (Wildman–Crippen MR) is 186 cm³/mol. The maximum absolute atomic E-state index is 12.1. The van der Waals surface area contributed by atoms with E-state index in [-0.39, 0.29) is 99.3 Å². The van der Waals surface area contributed by atoms with Crippen molar-refractivity contribution in [2.45, 2.75) is 92.8 Å². The molecule has 5 atom stereocenters. The Morgan fingerprint density at radius 2 is 1.69 bits per heavy atom. The molecule has 1 N–H and O–H groups in total. The summed E-state index contributed by atoms with van der Waals surface area (Å²) < 4.78 is 6.54. The Labute approximate surface area is 260 Å². The Morgan fingerprint density at radius 1 is 1.08 bits per heavy atom. The quantitative estimate of drug-likeness (QED) is 0.358. The highest BCUT2D eigenvalue weighted by Crippen LogP contribution is 2.65. The van der Waals surface area contributed by atoms with Gasteiger partial charge in [-0.05, 0) is 78.5 Å². The average molecular weight is 600 g/mol. The lowest BCUT2D eigenvalue weighted by molar-refractivity contribution is -0.117. The van der Waals surface area contributed by atoms with E-state index in [1.807, 2.05) is 12.2 Å². The second-order valence-corrected chi connectivity index (χ2v) is 10.6. The molecular formula is C32H57NO3S3. The number of ether oxygens (including phenoxy) is 1. The minimum absolute atomic E-state index is 0. The van der Waals surface area contributed by atoms with Crippen LogP contribution in [0.1, 0.15) is 86.6 Å². The standard InChI is InChI=1S/C28H35NO3.4CH4.3H2S/c1-5-13-28(31)14-12-24-26-25(22-11-10-21(30)15-19(22)17-32-26)23(16-27(24,28)2)18-6-8-20(9-7-18)29(3)4;;;;;;;/h5-9,15,23-24,26,31H,1,10-14,16-17H2,2-4H3;4*1H4;3*1H2/t23?,24-,26-,27-,28-;;;;;;;/m0......./s1. The smallest absolute Gasteiger partial charge is 0.156 e. The van der Waals surface area contributed by atoms with Crippen LogP contribution >= 0.6 is 40.5 Å². The van der Waals surface area contributed by atoms with E-state index in [4.69, 9.17) is 4.74 Å². The van der Waals surface area contributed by atoms with Crippen LogP contribution in [0.3, 0.4) is 0 Å². The number of anilines is 1. The monoisotopic (exact) mass is 599 g/mol. The van der Waals surface area contributed by atoms with Crippen molar-refractivity contribution in [3.63, 3.8) is 0 Å². The minimum atomic E-state index is -0.751. The highest BCUT2D eigenvalue weighted by Gasteiger charge is 2.63. The molecule has 1 aromatic carbocycles.